The summed E-state index contributed by atoms with van der Waals surface area (Å²) in [6, 6.07) is 26.9. The fraction of sp³-hybridized carbons (Fsp3) is 0.100. The van der Waals surface area contributed by atoms with Gasteiger partial charge in [0.15, 0.2) is 0 Å². The molecule has 0 radical (unpaired) electrons. The van der Waals surface area contributed by atoms with Crippen molar-refractivity contribution in [2.45, 2.75) is 6.29 Å². The number of rotatable bonds is 6. The van der Waals surface area contributed by atoms with Gasteiger partial charge in [-0.05, 0) is 36.4 Å². The predicted octanol–water partition coefficient (Wildman–Crippen LogP) is 4.85. The lowest BCUT2D eigenvalue weighted by molar-refractivity contribution is 0.00367. The molecule has 0 aliphatic rings. The van der Waals surface area contributed by atoms with Gasteiger partial charge in [0, 0.05) is 5.56 Å². The monoisotopic (exact) mass is 306 g/mol. The zero-order valence-electron chi connectivity index (χ0n) is 12.9. The minimum Gasteiger partial charge on any atom is -0.497 e. The summed E-state index contributed by atoms with van der Waals surface area (Å²) < 4.78 is 17.3. The SMILES string of the molecule is COc1cccc(C(Oc2ccccc2)Oc2ccccc2)c1. The van der Waals surface area contributed by atoms with E-state index in [-0.39, 0.29) is 0 Å². The van der Waals surface area contributed by atoms with Gasteiger partial charge in [-0.15, -0.1) is 0 Å². The molecular formula is C20H18O3. The summed E-state index contributed by atoms with van der Waals surface area (Å²) in [5, 5.41) is 0. The summed E-state index contributed by atoms with van der Waals surface area (Å²) in [5.74, 6) is 2.26. The highest BCUT2D eigenvalue weighted by Crippen LogP contribution is 2.27. The van der Waals surface area contributed by atoms with Crippen LogP contribution in [0.3, 0.4) is 0 Å². The van der Waals surface area contributed by atoms with Crippen LogP contribution in [0.5, 0.6) is 17.2 Å². The van der Waals surface area contributed by atoms with Crippen molar-refractivity contribution in [3.05, 3.63) is 90.5 Å². The second-order valence-corrected chi connectivity index (χ2v) is 4.97. The Morgan fingerprint density at radius 1 is 0.609 bits per heavy atom. The first-order valence-corrected chi connectivity index (χ1v) is 7.42. The lowest BCUT2D eigenvalue weighted by atomic mass is 10.2. The van der Waals surface area contributed by atoms with E-state index in [0.29, 0.717) is 0 Å². The lowest BCUT2D eigenvalue weighted by Crippen LogP contribution is -2.15. The van der Waals surface area contributed by atoms with Gasteiger partial charge in [-0.3, -0.25) is 0 Å². The van der Waals surface area contributed by atoms with Gasteiger partial charge in [-0.1, -0.05) is 48.5 Å². The minimum atomic E-state index is -0.560. The maximum absolute atomic E-state index is 6.03. The van der Waals surface area contributed by atoms with Crippen molar-refractivity contribution in [1.29, 1.82) is 0 Å². The zero-order valence-corrected chi connectivity index (χ0v) is 12.9. The molecule has 3 rings (SSSR count). The van der Waals surface area contributed by atoms with Crippen LogP contribution >= 0.6 is 0 Å². The van der Waals surface area contributed by atoms with Gasteiger partial charge in [-0.25, -0.2) is 0 Å². The van der Waals surface area contributed by atoms with Crippen LogP contribution in [0.4, 0.5) is 0 Å². The molecule has 3 heteroatoms. The number of ether oxygens (including phenoxy) is 3. The van der Waals surface area contributed by atoms with Crippen LogP contribution in [0.15, 0.2) is 84.9 Å². The predicted molar refractivity (Wildman–Crippen MR) is 89.9 cm³/mol. The highest BCUT2D eigenvalue weighted by Gasteiger charge is 2.16. The quantitative estimate of drug-likeness (QED) is 0.609. The van der Waals surface area contributed by atoms with Gasteiger partial charge in [0.05, 0.1) is 7.11 Å². The van der Waals surface area contributed by atoms with Crippen LogP contribution in [0.25, 0.3) is 0 Å². The summed E-state index contributed by atoms with van der Waals surface area (Å²) in [5.41, 5.74) is 0.886. The van der Waals surface area contributed by atoms with Crippen molar-refractivity contribution >= 4 is 0 Å². The van der Waals surface area contributed by atoms with Crippen molar-refractivity contribution in [1.82, 2.24) is 0 Å². The Bertz CT molecular complexity index is 685. The Morgan fingerprint density at radius 3 is 1.65 bits per heavy atom. The third-order valence-corrected chi connectivity index (χ3v) is 3.34. The number of benzene rings is 3. The van der Waals surface area contributed by atoms with Crippen LogP contribution in [0.1, 0.15) is 11.9 Å². The molecule has 0 amide bonds. The van der Waals surface area contributed by atoms with Crippen molar-refractivity contribution in [2.24, 2.45) is 0 Å². The normalized spacial score (nSPS) is 10.3. The Morgan fingerprint density at radius 2 is 1.13 bits per heavy atom. The molecule has 116 valence electrons. The largest absolute Gasteiger partial charge is 0.497 e. The number of para-hydroxylation sites is 2. The fourth-order valence-corrected chi connectivity index (χ4v) is 2.19. The first-order chi connectivity index (χ1) is 11.3. The topological polar surface area (TPSA) is 27.7 Å². The van der Waals surface area contributed by atoms with Crippen molar-refractivity contribution in [3.8, 4) is 17.2 Å². The molecule has 0 heterocycles. The maximum Gasteiger partial charge on any atom is 0.267 e. The van der Waals surface area contributed by atoms with Crippen LogP contribution in [0, 0.1) is 0 Å². The van der Waals surface area contributed by atoms with Crippen LogP contribution in [-0.4, -0.2) is 7.11 Å². The van der Waals surface area contributed by atoms with Gasteiger partial charge in [-0.2, -0.15) is 0 Å². The fourth-order valence-electron chi connectivity index (χ4n) is 2.19. The molecule has 0 N–H and O–H groups in total. The Labute approximate surface area is 136 Å². The molecule has 0 atom stereocenters. The summed E-state index contributed by atoms with van der Waals surface area (Å²) in [4.78, 5) is 0. The van der Waals surface area contributed by atoms with E-state index in [1.165, 1.54) is 0 Å². The van der Waals surface area contributed by atoms with Gasteiger partial charge < -0.3 is 14.2 Å². The van der Waals surface area contributed by atoms with Crippen LogP contribution < -0.4 is 14.2 Å². The van der Waals surface area contributed by atoms with E-state index < -0.39 is 6.29 Å². The summed E-state index contributed by atoms with van der Waals surface area (Å²) in [7, 11) is 1.64. The average Bonchev–Trinajstić information content (AvgIpc) is 2.63. The number of methoxy groups -OCH3 is 1. The molecule has 0 bridgehead atoms. The highest BCUT2D eigenvalue weighted by molar-refractivity contribution is 5.32. The standard InChI is InChI=1S/C20H18O3/c1-21-19-14-8-9-16(15-19)20(22-17-10-4-2-5-11-17)23-18-12-6-3-7-13-18/h2-15,20H,1H3. The molecule has 0 spiro atoms. The van der Waals surface area contributed by atoms with Gasteiger partial charge in [0.25, 0.3) is 6.29 Å². The molecule has 0 saturated heterocycles. The van der Waals surface area contributed by atoms with Crippen molar-refractivity contribution in [3.63, 3.8) is 0 Å². The molecule has 0 aliphatic carbocycles. The molecular weight excluding hydrogens is 288 g/mol. The summed E-state index contributed by atoms with van der Waals surface area (Å²) >= 11 is 0. The molecule has 3 nitrogen and oxygen atoms in total. The number of hydrogen-bond donors (Lipinski definition) is 0. The first-order valence-electron chi connectivity index (χ1n) is 7.42. The molecule has 0 saturated carbocycles. The van der Waals surface area contributed by atoms with E-state index in [2.05, 4.69) is 0 Å². The molecule has 0 unspecified atom stereocenters. The highest BCUT2D eigenvalue weighted by atomic mass is 16.7. The summed E-state index contributed by atoms with van der Waals surface area (Å²) in [6.07, 6.45) is -0.560. The van der Waals surface area contributed by atoms with E-state index in [9.17, 15) is 0 Å². The third kappa shape index (κ3) is 4.04. The van der Waals surface area contributed by atoms with Gasteiger partial charge in [0.1, 0.15) is 17.2 Å². The second-order valence-electron chi connectivity index (χ2n) is 4.97. The van der Waals surface area contributed by atoms with Crippen molar-refractivity contribution < 1.29 is 14.2 Å². The summed E-state index contributed by atoms with van der Waals surface area (Å²) in [6.45, 7) is 0. The number of hydrogen-bond acceptors (Lipinski definition) is 3. The van der Waals surface area contributed by atoms with Gasteiger partial charge >= 0.3 is 0 Å². The molecule has 0 aliphatic heterocycles. The van der Waals surface area contributed by atoms with Crippen LogP contribution in [0.2, 0.25) is 0 Å². The minimum absolute atomic E-state index is 0.560. The molecule has 0 aromatic heterocycles. The van der Waals surface area contributed by atoms with Crippen molar-refractivity contribution in [2.75, 3.05) is 7.11 Å². The molecule has 3 aromatic carbocycles. The third-order valence-electron chi connectivity index (χ3n) is 3.34. The molecule has 3 aromatic rings. The van der Waals surface area contributed by atoms with E-state index >= 15 is 0 Å². The van der Waals surface area contributed by atoms with E-state index in [0.717, 1.165) is 22.8 Å². The van der Waals surface area contributed by atoms with Crippen LogP contribution in [-0.2, 0) is 0 Å². The molecule has 23 heavy (non-hydrogen) atoms. The lowest BCUT2D eigenvalue weighted by Gasteiger charge is -2.21. The van der Waals surface area contributed by atoms with E-state index in [4.69, 9.17) is 14.2 Å². The zero-order chi connectivity index (χ0) is 15.9. The maximum atomic E-state index is 6.03. The first kappa shape index (κ1) is 15.0. The van der Waals surface area contributed by atoms with E-state index in [1.54, 1.807) is 7.11 Å². The average molecular weight is 306 g/mol. The Hall–Kier alpha value is -2.94. The second kappa shape index (κ2) is 7.36. The smallest absolute Gasteiger partial charge is 0.267 e. The molecule has 0 fully saturated rings. The Kier molecular flexibility index (Phi) is 4.79. The Balaban J connectivity index is 1.88. The van der Waals surface area contributed by atoms with E-state index in [1.807, 2.05) is 84.9 Å². The van der Waals surface area contributed by atoms with Gasteiger partial charge in [0.2, 0.25) is 0 Å².